The molecule has 0 aromatic carbocycles. The van der Waals surface area contributed by atoms with Gasteiger partial charge in [0.15, 0.2) is 36.7 Å². The summed E-state index contributed by atoms with van der Waals surface area (Å²) in [5.41, 5.74) is -0.423. The molecule has 0 amide bonds. The minimum Gasteiger partial charge on any atom is -0.394 e. The van der Waals surface area contributed by atoms with Crippen molar-refractivity contribution < 1.29 is 138 Å². The van der Waals surface area contributed by atoms with Gasteiger partial charge in [0.05, 0.1) is 70.2 Å². The number of Topliss-reactive ketones (excluding diaryl/α,β-unsaturated/α-hetero) is 2. The van der Waals surface area contributed by atoms with Gasteiger partial charge in [-0.2, -0.15) is 0 Å². The lowest BCUT2D eigenvalue weighted by atomic mass is 9.85. The minimum absolute atomic E-state index is 0.0648. The summed E-state index contributed by atoms with van der Waals surface area (Å²) in [6.45, 7) is 8.22. The average molecular weight is 1290 g/mol. The third kappa shape index (κ3) is 29.5. The van der Waals surface area contributed by atoms with E-state index in [0.29, 0.717) is 38.7 Å². The summed E-state index contributed by atoms with van der Waals surface area (Å²) in [6.07, 6.45) is -5.06. The van der Waals surface area contributed by atoms with Crippen molar-refractivity contribution in [2.75, 3.05) is 79.3 Å². The summed E-state index contributed by atoms with van der Waals surface area (Å²) in [6, 6.07) is 0. The van der Waals surface area contributed by atoms with E-state index in [1.807, 2.05) is 34.6 Å². The topological polar surface area (TPSA) is 406 Å². The van der Waals surface area contributed by atoms with Crippen LogP contribution in [0.5, 0.6) is 0 Å². The molecule has 4 rings (SSSR count). The zero-order chi connectivity index (χ0) is 62.8. The van der Waals surface area contributed by atoms with E-state index in [1.165, 1.54) is 0 Å². The van der Waals surface area contributed by atoms with Crippen LogP contribution >= 0.6 is 23.5 Å². The number of aliphatic hydroxyl groups excluding tert-OH is 6. The van der Waals surface area contributed by atoms with Gasteiger partial charge in [-0.3, -0.25) is 36.7 Å². The lowest BCUT2D eigenvalue weighted by Crippen LogP contribution is -2.55. The lowest BCUT2D eigenvalue weighted by molar-refractivity contribution is -0.280. The third-order valence-electron chi connectivity index (χ3n) is 14.8. The standard InChI is InChI=1S/C53H99O29P3/c1-35-36(2)51(80-42(29-54)48(35)59)70-31-38(56)19-13-9-7-11-15-21-68-46-27-40(58)44(78-46)33-76-83(62,63)74-25-18-26-75-85(66,67)82-41-28-47(79-45(41)34-77-84(64,65)73-24-17-23-72-53(4,5)6)69-22-16-12-8-10-14-20-39(57)32-71-52-37(3)49(60)50(61)43(30-55)81-52/h35-37,40-52,54-55,58-61H,7-34H2,1-6H3,(H,62,63)(H,64,65)(H,66,67)/t35-,36?,37?,40?,41?,42?,43?,44-,45-,46+,47+,48-,49-,50+,51-,52-/m1/s1. The fraction of sp³-hybridized carbons (Fsp3) is 0.962. The zero-order valence-corrected chi connectivity index (χ0v) is 52.8. The second-order valence-corrected chi connectivity index (χ2v) is 27.3. The Labute approximate surface area is 499 Å². The van der Waals surface area contributed by atoms with Crippen LogP contribution in [-0.2, 0) is 93.1 Å². The molecule has 0 aromatic heterocycles. The maximum Gasteiger partial charge on any atom is 0.472 e. The van der Waals surface area contributed by atoms with Gasteiger partial charge >= 0.3 is 23.5 Å². The Bertz CT molecular complexity index is 2040. The summed E-state index contributed by atoms with van der Waals surface area (Å²) in [5, 5.41) is 59.8. The molecule has 4 heterocycles. The number of hydrogen-bond donors (Lipinski definition) is 9. The van der Waals surface area contributed by atoms with Gasteiger partial charge in [0, 0.05) is 57.3 Å². The highest BCUT2D eigenvalue weighted by atomic mass is 31.2. The number of ether oxygens (including phenoxy) is 9. The van der Waals surface area contributed by atoms with E-state index >= 15 is 0 Å². The van der Waals surface area contributed by atoms with Crippen molar-refractivity contribution in [3.05, 3.63) is 0 Å². The number of carbonyl (C=O) groups excluding carboxylic acids is 2. The fourth-order valence-electron chi connectivity index (χ4n) is 9.50. The molecule has 0 aromatic rings. The highest BCUT2D eigenvalue weighted by molar-refractivity contribution is 7.48. The lowest BCUT2D eigenvalue weighted by Gasteiger charge is -2.41. The molecule has 4 saturated heterocycles. The largest absolute Gasteiger partial charge is 0.472 e. The molecule has 0 spiro atoms. The van der Waals surface area contributed by atoms with Crippen molar-refractivity contribution in [3.8, 4) is 0 Å². The Morgan fingerprint density at radius 1 is 0.471 bits per heavy atom. The zero-order valence-electron chi connectivity index (χ0n) is 50.1. The maximum absolute atomic E-state index is 13.1. The van der Waals surface area contributed by atoms with Gasteiger partial charge < -0.3 is 88.0 Å². The Morgan fingerprint density at radius 2 is 0.918 bits per heavy atom. The third-order valence-corrected chi connectivity index (χ3v) is 17.8. The number of hydrogen-bond acceptors (Lipinski definition) is 26. The van der Waals surface area contributed by atoms with Crippen molar-refractivity contribution in [1.29, 1.82) is 0 Å². The Kier molecular flexibility index (Phi) is 34.9. The van der Waals surface area contributed by atoms with Crippen LogP contribution < -0.4 is 0 Å². The molecule has 500 valence electrons. The first kappa shape index (κ1) is 76.5. The molecule has 0 bridgehead atoms. The fourth-order valence-corrected chi connectivity index (χ4v) is 12.0. The smallest absolute Gasteiger partial charge is 0.394 e. The Hall–Kier alpha value is -0.930. The first-order valence-corrected chi connectivity index (χ1v) is 34.2. The highest BCUT2D eigenvalue weighted by Gasteiger charge is 2.45. The summed E-state index contributed by atoms with van der Waals surface area (Å²) >= 11 is 0. The highest BCUT2D eigenvalue weighted by Crippen LogP contribution is 2.50. The molecule has 32 heteroatoms. The predicted octanol–water partition coefficient (Wildman–Crippen LogP) is 4.25. The van der Waals surface area contributed by atoms with Gasteiger partial charge in [-0.25, -0.2) is 13.7 Å². The first-order valence-electron chi connectivity index (χ1n) is 29.7. The quantitative estimate of drug-likeness (QED) is 0.0304. The first-order chi connectivity index (χ1) is 40.1. The molecule has 4 aliphatic heterocycles. The molecule has 19 atom stereocenters. The van der Waals surface area contributed by atoms with Crippen LogP contribution in [0.2, 0.25) is 0 Å². The Morgan fingerprint density at radius 3 is 1.45 bits per heavy atom. The van der Waals surface area contributed by atoms with E-state index < -0.39 is 148 Å². The van der Waals surface area contributed by atoms with E-state index in [2.05, 4.69) is 0 Å². The van der Waals surface area contributed by atoms with Gasteiger partial charge in [0.2, 0.25) is 0 Å². The van der Waals surface area contributed by atoms with E-state index in [4.69, 9.17) is 69.8 Å². The van der Waals surface area contributed by atoms with Gasteiger partial charge in [-0.1, -0.05) is 59.3 Å². The van der Waals surface area contributed by atoms with Crippen LogP contribution in [0.3, 0.4) is 0 Å². The molecule has 0 radical (unpaired) electrons. The molecule has 9 N–H and O–H groups in total. The van der Waals surface area contributed by atoms with Crippen molar-refractivity contribution in [2.24, 2.45) is 17.8 Å². The summed E-state index contributed by atoms with van der Waals surface area (Å²) in [7, 11) is -14.2. The molecule has 0 aliphatic carbocycles. The minimum atomic E-state index is -4.88. The summed E-state index contributed by atoms with van der Waals surface area (Å²) < 4.78 is 120. The number of phosphoric acid groups is 3. The van der Waals surface area contributed by atoms with Crippen LogP contribution in [0.4, 0.5) is 0 Å². The van der Waals surface area contributed by atoms with Crippen LogP contribution in [0.25, 0.3) is 0 Å². The van der Waals surface area contributed by atoms with Crippen molar-refractivity contribution >= 4 is 35.0 Å². The number of carbonyl (C=O) groups is 2. The van der Waals surface area contributed by atoms with Crippen molar-refractivity contribution in [1.82, 2.24) is 0 Å². The normalized spacial score (nSPS) is 32.3. The number of phosphoric ester groups is 3. The van der Waals surface area contributed by atoms with Gasteiger partial charge in [-0.15, -0.1) is 0 Å². The molecule has 85 heavy (non-hydrogen) atoms. The van der Waals surface area contributed by atoms with Gasteiger partial charge in [-0.05, 0) is 65.2 Å². The molecule has 29 nitrogen and oxygen atoms in total. The van der Waals surface area contributed by atoms with Gasteiger partial charge in [0.1, 0.15) is 49.8 Å². The van der Waals surface area contributed by atoms with E-state index in [9.17, 15) is 68.6 Å². The average Bonchev–Trinajstić information content (AvgIpc) is 4.04. The SMILES string of the molecule is CC1[C@H](OCC(=O)CCCCCCCO[C@@H]2CC(O)[C@@H](COP(=O)(O)OCCCOP(=O)(O)OC3C[C@@H](OCCCCCCCC(=O)CO[C@@H]4OC(CO)[C@H](O)[C@H](O)C4C)O[C@@H]3COP(=O)(O)OCCCOC(C)(C)C)O2)OC(CO)[C@H](O)[C@@H]1C. The van der Waals surface area contributed by atoms with Gasteiger partial charge in [0.25, 0.3) is 0 Å². The number of rotatable bonds is 45. The van der Waals surface area contributed by atoms with Crippen LogP contribution in [0.1, 0.15) is 144 Å². The van der Waals surface area contributed by atoms with Crippen LogP contribution in [-0.4, -0.2) is 222 Å². The van der Waals surface area contributed by atoms with E-state index in [-0.39, 0.29) is 95.1 Å². The summed E-state index contributed by atoms with van der Waals surface area (Å²) in [5.74, 6) is -1.17. The summed E-state index contributed by atoms with van der Waals surface area (Å²) in [4.78, 5) is 56.2. The molecule has 4 fully saturated rings. The maximum atomic E-state index is 13.1. The molecular formula is C53H99O29P3. The second kappa shape index (κ2) is 38.8. The second-order valence-electron chi connectivity index (χ2n) is 23.0. The van der Waals surface area contributed by atoms with E-state index in [1.54, 1.807) is 6.92 Å². The molecule has 4 aliphatic rings. The van der Waals surface area contributed by atoms with E-state index in [0.717, 1.165) is 38.5 Å². The molecular weight excluding hydrogens is 1190 g/mol. The van der Waals surface area contributed by atoms with Crippen LogP contribution in [0.15, 0.2) is 0 Å². The van der Waals surface area contributed by atoms with Crippen LogP contribution in [0, 0.1) is 17.8 Å². The number of ketones is 2. The Balaban J connectivity index is 1.09. The predicted molar refractivity (Wildman–Crippen MR) is 298 cm³/mol. The number of unbranched alkanes of at least 4 members (excludes halogenated alkanes) is 8. The molecule has 0 saturated carbocycles. The number of aliphatic hydroxyl groups is 6. The van der Waals surface area contributed by atoms with Crippen molar-refractivity contribution in [2.45, 2.75) is 230 Å². The van der Waals surface area contributed by atoms with Crippen molar-refractivity contribution in [3.63, 3.8) is 0 Å². The monoisotopic (exact) mass is 1290 g/mol. The molecule has 9 unspecified atom stereocenters.